The molecule has 18 heavy (non-hydrogen) atoms. The average molecular weight is 312 g/mol. The molecule has 0 radical (unpaired) electrons. The van der Waals surface area contributed by atoms with Gasteiger partial charge in [-0.2, -0.15) is 0 Å². The summed E-state index contributed by atoms with van der Waals surface area (Å²) < 4.78 is 1.16. The third-order valence-electron chi connectivity index (χ3n) is 3.47. The van der Waals surface area contributed by atoms with Crippen LogP contribution in [0.1, 0.15) is 18.4 Å². The maximum Gasteiger partial charge on any atom is 0.142 e. The highest BCUT2D eigenvalue weighted by molar-refractivity contribution is 9.10. The topological polar surface area (TPSA) is 61.9 Å². The van der Waals surface area contributed by atoms with E-state index in [2.05, 4.69) is 44.2 Å². The zero-order valence-electron chi connectivity index (χ0n) is 10.2. The SMILES string of the molecule is NC(=NO)C1CCN(Cc2ccccc2Br)CC1. The van der Waals surface area contributed by atoms with Gasteiger partial charge in [0, 0.05) is 16.9 Å². The number of halogens is 1. The van der Waals surface area contributed by atoms with Crippen molar-refractivity contribution in [2.24, 2.45) is 16.8 Å². The molecule has 0 bridgehead atoms. The van der Waals surface area contributed by atoms with Crippen LogP contribution in [0.4, 0.5) is 0 Å². The number of piperidine rings is 1. The van der Waals surface area contributed by atoms with Gasteiger partial charge >= 0.3 is 0 Å². The van der Waals surface area contributed by atoms with E-state index in [-0.39, 0.29) is 5.92 Å². The smallest absolute Gasteiger partial charge is 0.142 e. The maximum atomic E-state index is 8.67. The molecule has 0 atom stereocenters. The molecule has 1 aromatic rings. The molecular formula is C13H18BrN3O. The lowest BCUT2D eigenvalue weighted by molar-refractivity contribution is 0.198. The van der Waals surface area contributed by atoms with E-state index in [1.807, 2.05) is 6.07 Å². The van der Waals surface area contributed by atoms with Crippen molar-refractivity contribution < 1.29 is 5.21 Å². The number of oxime groups is 1. The molecule has 3 N–H and O–H groups in total. The Bertz CT molecular complexity index is 428. The van der Waals surface area contributed by atoms with Crippen LogP contribution in [0.2, 0.25) is 0 Å². The van der Waals surface area contributed by atoms with Crippen molar-refractivity contribution in [2.45, 2.75) is 19.4 Å². The van der Waals surface area contributed by atoms with Crippen LogP contribution in [0.25, 0.3) is 0 Å². The molecule has 0 saturated carbocycles. The van der Waals surface area contributed by atoms with Gasteiger partial charge in [-0.25, -0.2) is 0 Å². The summed E-state index contributed by atoms with van der Waals surface area (Å²) in [5, 5.41) is 11.8. The van der Waals surface area contributed by atoms with Crippen molar-refractivity contribution in [3.05, 3.63) is 34.3 Å². The molecule has 1 fully saturated rings. The standard InChI is InChI=1S/C13H18BrN3O/c14-12-4-2-1-3-11(12)9-17-7-5-10(6-8-17)13(15)16-18/h1-4,10,18H,5-9H2,(H2,15,16). The fourth-order valence-corrected chi connectivity index (χ4v) is 2.75. The van der Waals surface area contributed by atoms with E-state index < -0.39 is 0 Å². The number of hydrogen-bond donors (Lipinski definition) is 2. The van der Waals surface area contributed by atoms with Gasteiger partial charge in [0.05, 0.1) is 0 Å². The molecule has 0 aliphatic carbocycles. The van der Waals surface area contributed by atoms with Crippen LogP contribution in [0, 0.1) is 5.92 Å². The molecule has 0 aromatic heterocycles. The molecular weight excluding hydrogens is 294 g/mol. The summed E-state index contributed by atoms with van der Waals surface area (Å²) >= 11 is 3.57. The molecule has 0 amide bonds. The molecule has 1 saturated heterocycles. The van der Waals surface area contributed by atoms with Crippen molar-refractivity contribution in [2.75, 3.05) is 13.1 Å². The van der Waals surface area contributed by atoms with Gasteiger partial charge in [-0.05, 0) is 37.6 Å². The lowest BCUT2D eigenvalue weighted by Gasteiger charge is -2.31. The van der Waals surface area contributed by atoms with E-state index in [4.69, 9.17) is 10.9 Å². The fourth-order valence-electron chi connectivity index (χ4n) is 2.34. The second-order valence-corrected chi connectivity index (χ2v) is 5.52. The monoisotopic (exact) mass is 311 g/mol. The third-order valence-corrected chi connectivity index (χ3v) is 4.25. The Morgan fingerprint density at radius 1 is 1.39 bits per heavy atom. The first kappa shape index (κ1) is 13.4. The molecule has 0 unspecified atom stereocenters. The van der Waals surface area contributed by atoms with Crippen LogP contribution in [0.15, 0.2) is 33.9 Å². The second kappa shape index (κ2) is 6.20. The lowest BCUT2D eigenvalue weighted by atomic mass is 9.95. The molecule has 1 aromatic carbocycles. The largest absolute Gasteiger partial charge is 0.409 e. The molecule has 0 spiro atoms. The third kappa shape index (κ3) is 3.23. The van der Waals surface area contributed by atoms with Gasteiger partial charge in [0.2, 0.25) is 0 Å². The normalized spacial score (nSPS) is 19.1. The number of amidine groups is 1. The minimum atomic E-state index is 0.227. The number of nitrogens with zero attached hydrogens (tertiary/aromatic N) is 2. The highest BCUT2D eigenvalue weighted by Crippen LogP contribution is 2.22. The van der Waals surface area contributed by atoms with E-state index in [0.717, 1.165) is 36.9 Å². The van der Waals surface area contributed by atoms with Crippen LogP contribution in [-0.2, 0) is 6.54 Å². The Kier molecular flexibility index (Phi) is 4.60. The zero-order chi connectivity index (χ0) is 13.0. The van der Waals surface area contributed by atoms with Crippen molar-refractivity contribution in [1.82, 2.24) is 4.90 Å². The molecule has 4 nitrogen and oxygen atoms in total. The molecule has 1 heterocycles. The molecule has 2 rings (SSSR count). The maximum absolute atomic E-state index is 8.67. The summed E-state index contributed by atoms with van der Waals surface area (Å²) in [5.74, 6) is 0.598. The summed E-state index contributed by atoms with van der Waals surface area (Å²) in [5.41, 5.74) is 6.95. The number of hydrogen-bond acceptors (Lipinski definition) is 3. The second-order valence-electron chi connectivity index (χ2n) is 4.67. The number of likely N-dealkylation sites (tertiary alicyclic amines) is 1. The minimum absolute atomic E-state index is 0.227. The van der Waals surface area contributed by atoms with Gasteiger partial charge in [-0.3, -0.25) is 4.90 Å². The first-order chi connectivity index (χ1) is 8.70. The van der Waals surface area contributed by atoms with Crippen LogP contribution < -0.4 is 5.73 Å². The van der Waals surface area contributed by atoms with Crippen molar-refractivity contribution in [1.29, 1.82) is 0 Å². The Hall–Kier alpha value is -1.07. The molecule has 1 aliphatic rings. The molecule has 1 aliphatic heterocycles. The van der Waals surface area contributed by atoms with Crippen molar-refractivity contribution in [3.8, 4) is 0 Å². The zero-order valence-corrected chi connectivity index (χ0v) is 11.8. The van der Waals surface area contributed by atoms with Gasteiger partial charge in [-0.15, -0.1) is 0 Å². The van der Waals surface area contributed by atoms with E-state index in [1.165, 1.54) is 5.56 Å². The van der Waals surface area contributed by atoms with E-state index >= 15 is 0 Å². The summed E-state index contributed by atoms with van der Waals surface area (Å²) in [6.07, 6.45) is 1.92. The van der Waals surface area contributed by atoms with Gasteiger partial charge in [0.1, 0.15) is 5.84 Å². The summed E-state index contributed by atoms with van der Waals surface area (Å²) in [6.45, 7) is 2.93. The van der Waals surface area contributed by atoms with Crippen LogP contribution in [-0.4, -0.2) is 29.0 Å². The summed E-state index contributed by atoms with van der Waals surface area (Å²) in [7, 11) is 0. The van der Waals surface area contributed by atoms with Gasteiger partial charge in [0.15, 0.2) is 0 Å². The van der Waals surface area contributed by atoms with E-state index in [1.54, 1.807) is 0 Å². The van der Waals surface area contributed by atoms with Gasteiger partial charge in [0.25, 0.3) is 0 Å². The first-order valence-electron chi connectivity index (χ1n) is 6.14. The number of benzene rings is 1. The predicted octanol–water partition coefficient (Wildman–Crippen LogP) is 2.41. The molecule has 98 valence electrons. The van der Waals surface area contributed by atoms with Crippen LogP contribution >= 0.6 is 15.9 Å². The Labute approximate surface area is 116 Å². The first-order valence-corrected chi connectivity index (χ1v) is 6.93. The molecule has 5 heteroatoms. The number of rotatable bonds is 3. The van der Waals surface area contributed by atoms with Gasteiger partial charge in [-0.1, -0.05) is 39.3 Å². The van der Waals surface area contributed by atoms with Crippen molar-refractivity contribution >= 4 is 21.8 Å². The predicted molar refractivity (Wildman–Crippen MR) is 75.6 cm³/mol. The Morgan fingerprint density at radius 2 is 2.06 bits per heavy atom. The van der Waals surface area contributed by atoms with Crippen LogP contribution in [0.5, 0.6) is 0 Å². The summed E-state index contributed by atoms with van der Waals surface area (Å²) in [4.78, 5) is 2.40. The quantitative estimate of drug-likeness (QED) is 0.390. The Morgan fingerprint density at radius 3 is 2.67 bits per heavy atom. The fraction of sp³-hybridized carbons (Fsp3) is 0.462. The number of nitrogens with two attached hydrogens (primary N) is 1. The minimum Gasteiger partial charge on any atom is -0.409 e. The van der Waals surface area contributed by atoms with E-state index in [0.29, 0.717) is 5.84 Å². The Balaban J connectivity index is 1.89. The van der Waals surface area contributed by atoms with Gasteiger partial charge < -0.3 is 10.9 Å². The highest BCUT2D eigenvalue weighted by atomic mass is 79.9. The van der Waals surface area contributed by atoms with E-state index in [9.17, 15) is 0 Å². The van der Waals surface area contributed by atoms with Crippen LogP contribution in [0.3, 0.4) is 0 Å². The average Bonchev–Trinajstić information content (AvgIpc) is 2.41. The highest BCUT2D eigenvalue weighted by Gasteiger charge is 2.22. The lowest BCUT2D eigenvalue weighted by Crippen LogP contribution is -2.38. The summed E-state index contributed by atoms with van der Waals surface area (Å²) in [6, 6.07) is 8.29. The van der Waals surface area contributed by atoms with Crippen molar-refractivity contribution in [3.63, 3.8) is 0 Å².